The zero-order chi connectivity index (χ0) is 32.6. The number of benzene rings is 6. The third-order valence-electron chi connectivity index (χ3n) is 7.81. The van der Waals surface area contributed by atoms with E-state index in [0.29, 0.717) is 11.1 Å². The van der Waals surface area contributed by atoms with Gasteiger partial charge in [0.1, 0.15) is 5.78 Å². The first-order chi connectivity index (χ1) is 23.0. The van der Waals surface area contributed by atoms with Gasteiger partial charge in [0.25, 0.3) is 0 Å². The number of Topliss-reactive ketones (excluding diaryl/α,β-unsaturated/α-hetero) is 1. The Bertz CT molecular complexity index is 1970. The fourth-order valence-corrected chi connectivity index (χ4v) is 5.72. The van der Waals surface area contributed by atoms with Crippen molar-refractivity contribution < 1.29 is 14.5 Å². The summed E-state index contributed by atoms with van der Waals surface area (Å²) >= 11 is 0. The van der Waals surface area contributed by atoms with Gasteiger partial charge in [-0.1, -0.05) is 133 Å². The number of nitrogens with zero attached hydrogens (tertiary/aromatic N) is 1. The summed E-state index contributed by atoms with van der Waals surface area (Å²) in [5, 5.41) is 14.1. The van der Waals surface area contributed by atoms with Crippen LogP contribution in [0.3, 0.4) is 0 Å². The monoisotopic (exact) mass is 609 g/mol. The minimum atomic E-state index is 0.0187. The molecule has 0 radical (unpaired) electrons. The Morgan fingerprint density at radius 1 is 0.426 bits per heavy atom. The maximum absolute atomic E-state index is 14.1. The van der Waals surface area contributed by atoms with Crippen molar-refractivity contribution in [3.63, 3.8) is 0 Å². The number of pyridine rings is 1. The van der Waals surface area contributed by atoms with Crippen LogP contribution >= 0.6 is 0 Å². The van der Waals surface area contributed by atoms with Gasteiger partial charge in [-0.25, -0.2) is 0 Å². The molecule has 0 amide bonds. The standard InChI is InChI=1S/C41H29NO.C3H6O/c43-41-37(31-18-8-2-9-19-31)28-36(29-38(41)32-20-10-3-11-21-32)42-39(33-22-12-4-13-23-33)26-35(30-16-6-1-7-17-30)27-40(42)34-24-14-5-15-25-34;1-3(2)4/h1-29H;1-2H3. The molecule has 0 saturated heterocycles. The van der Waals surface area contributed by atoms with Crippen molar-refractivity contribution >= 4 is 5.78 Å². The van der Waals surface area contributed by atoms with Gasteiger partial charge < -0.3 is 9.90 Å². The summed E-state index contributed by atoms with van der Waals surface area (Å²) in [5.41, 5.74) is 10.6. The van der Waals surface area contributed by atoms with Gasteiger partial charge in [0.2, 0.25) is 17.1 Å². The van der Waals surface area contributed by atoms with Crippen LogP contribution in [-0.2, 0) is 4.79 Å². The third kappa shape index (κ3) is 7.11. The largest absolute Gasteiger partial charge is 0.872 e. The molecule has 0 fully saturated rings. The molecule has 1 aromatic heterocycles. The molecule has 7 rings (SSSR count). The van der Waals surface area contributed by atoms with Crippen molar-refractivity contribution in [2.24, 2.45) is 0 Å². The summed E-state index contributed by atoms with van der Waals surface area (Å²) in [7, 11) is 0. The predicted octanol–water partition coefficient (Wildman–Crippen LogP) is 9.97. The highest BCUT2D eigenvalue weighted by molar-refractivity contribution is 5.84. The van der Waals surface area contributed by atoms with Crippen molar-refractivity contribution in [1.29, 1.82) is 0 Å². The molecule has 0 aliphatic heterocycles. The number of carbonyl (C=O) groups excluding carboxylic acids is 1. The minimum absolute atomic E-state index is 0.0187. The smallest absolute Gasteiger partial charge is 0.219 e. The summed E-state index contributed by atoms with van der Waals surface area (Å²) in [5.74, 6) is 0.185. The Hall–Kier alpha value is -6.06. The number of ketones is 1. The Labute approximate surface area is 276 Å². The van der Waals surface area contributed by atoms with E-state index < -0.39 is 0 Å². The van der Waals surface area contributed by atoms with Crippen LogP contribution in [-0.4, -0.2) is 5.78 Å². The lowest BCUT2D eigenvalue weighted by atomic mass is 9.94. The zero-order valence-corrected chi connectivity index (χ0v) is 26.5. The lowest BCUT2D eigenvalue weighted by Crippen LogP contribution is -2.36. The maximum atomic E-state index is 14.1. The first-order valence-corrected chi connectivity index (χ1v) is 15.7. The summed E-state index contributed by atoms with van der Waals surface area (Å²) in [4.78, 5) is 9.44. The molecule has 0 spiro atoms. The number of carbonyl (C=O) groups is 1. The molecule has 0 atom stereocenters. The number of hydrogen-bond acceptors (Lipinski definition) is 2. The summed E-state index contributed by atoms with van der Waals surface area (Å²) in [6.45, 7) is 3.06. The van der Waals surface area contributed by atoms with E-state index in [1.165, 1.54) is 13.8 Å². The number of aromatic nitrogens is 1. The molecule has 0 aliphatic rings. The average Bonchev–Trinajstić information content (AvgIpc) is 3.13. The maximum Gasteiger partial charge on any atom is 0.219 e. The van der Waals surface area contributed by atoms with Gasteiger partial charge in [0.05, 0.1) is 0 Å². The lowest BCUT2D eigenvalue weighted by Gasteiger charge is -2.21. The van der Waals surface area contributed by atoms with Crippen LogP contribution in [0, 0.1) is 0 Å². The van der Waals surface area contributed by atoms with Gasteiger partial charge >= 0.3 is 0 Å². The fourth-order valence-electron chi connectivity index (χ4n) is 5.72. The van der Waals surface area contributed by atoms with Gasteiger partial charge in [-0.15, -0.1) is 0 Å². The normalized spacial score (nSPS) is 10.5. The molecule has 0 unspecified atom stereocenters. The number of hydrogen-bond donors (Lipinski definition) is 0. The second-order valence-electron chi connectivity index (χ2n) is 11.5. The van der Waals surface area contributed by atoms with Crippen LogP contribution in [0.25, 0.3) is 61.6 Å². The van der Waals surface area contributed by atoms with E-state index in [-0.39, 0.29) is 11.5 Å². The fraction of sp³-hybridized carbons (Fsp3) is 0.0455. The SMILES string of the molecule is CC(C)=O.[O-]c1c(-c2ccccc2)cc(-[n+]2c(-c3ccccc3)cc(-c3ccccc3)cc2-c2ccccc2)cc1-c1ccccc1. The van der Waals surface area contributed by atoms with E-state index in [0.717, 1.165) is 50.5 Å². The molecule has 0 N–H and O–H groups in total. The van der Waals surface area contributed by atoms with Crippen LogP contribution in [0.5, 0.6) is 5.75 Å². The second kappa shape index (κ2) is 14.4. The molecule has 0 bridgehead atoms. The van der Waals surface area contributed by atoms with E-state index in [1.807, 2.05) is 91.0 Å². The Morgan fingerprint density at radius 3 is 1.06 bits per heavy atom. The molecule has 228 valence electrons. The highest BCUT2D eigenvalue weighted by Crippen LogP contribution is 2.39. The van der Waals surface area contributed by atoms with E-state index in [1.54, 1.807) is 0 Å². The van der Waals surface area contributed by atoms with Crippen molar-refractivity contribution in [3.8, 4) is 67.3 Å². The molecular weight excluding hydrogens is 574 g/mol. The van der Waals surface area contributed by atoms with Crippen molar-refractivity contribution in [3.05, 3.63) is 176 Å². The van der Waals surface area contributed by atoms with Crippen molar-refractivity contribution in [2.75, 3.05) is 0 Å². The van der Waals surface area contributed by atoms with E-state index in [2.05, 4.69) is 89.5 Å². The molecule has 3 heteroatoms. The van der Waals surface area contributed by atoms with Gasteiger partial charge in [-0.3, -0.25) is 0 Å². The van der Waals surface area contributed by atoms with Gasteiger partial charge in [-0.05, 0) is 71.5 Å². The van der Waals surface area contributed by atoms with Crippen LogP contribution < -0.4 is 9.67 Å². The predicted molar refractivity (Wildman–Crippen MR) is 191 cm³/mol. The van der Waals surface area contributed by atoms with E-state index >= 15 is 0 Å². The highest BCUT2D eigenvalue weighted by Gasteiger charge is 2.26. The molecule has 47 heavy (non-hydrogen) atoms. The lowest BCUT2D eigenvalue weighted by molar-refractivity contribution is -0.572. The number of rotatable bonds is 6. The molecule has 1 heterocycles. The van der Waals surface area contributed by atoms with E-state index in [4.69, 9.17) is 0 Å². The molecule has 0 aliphatic carbocycles. The molecule has 6 aromatic carbocycles. The second-order valence-corrected chi connectivity index (χ2v) is 11.5. The van der Waals surface area contributed by atoms with Crippen molar-refractivity contribution in [2.45, 2.75) is 13.8 Å². The Morgan fingerprint density at radius 2 is 0.723 bits per heavy atom. The van der Waals surface area contributed by atoms with Crippen LogP contribution in [0.4, 0.5) is 0 Å². The molecular formula is C44H35NO2. The quantitative estimate of drug-likeness (QED) is 0.176. The van der Waals surface area contributed by atoms with Crippen LogP contribution in [0.15, 0.2) is 176 Å². The third-order valence-corrected chi connectivity index (χ3v) is 7.81. The molecule has 7 aromatic rings. The highest BCUT2D eigenvalue weighted by atomic mass is 16.3. The zero-order valence-electron chi connectivity index (χ0n) is 26.5. The topological polar surface area (TPSA) is 44.0 Å². The van der Waals surface area contributed by atoms with Gasteiger partial charge in [0, 0.05) is 35.4 Å². The molecule has 0 saturated carbocycles. The Kier molecular flexibility index (Phi) is 9.45. The van der Waals surface area contributed by atoms with Crippen LogP contribution in [0.1, 0.15) is 13.8 Å². The Balaban J connectivity index is 0.000000915. The first-order valence-electron chi connectivity index (χ1n) is 15.7. The van der Waals surface area contributed by atoms with Gasteiger partial charge in [-0.2, -0.15) is 4.57 Å². The van der Waals surface area contributed by atoms with Gasteiger partial charge in [0.15, 0.2) is 0 Å². The molecule has 3 nitrogen and oxygen atoms in total. The van der Waals surface area contributed by atoms with E-state index in [9.17, 15) is 9.90 Å². The first kappa shape index (κ1) is 30.9. The minimum Gasteiger partial charge on any atom is -0.872 e. The summed E-state index contributed by atoms with van der Waals surface area (Å²) < 4.78 is 2.30. The summed E-state index contributed by atoms with van der Waals surface area (Å²) in [6, 6.07) is 60.0. The van der Waals surface area contributed by atoms with Crippen LogP contribution in [0.2, 0.25) is 0 Å². The summed E-state index contributed by atoms with van der Waals surface area (Å²) in [6.07, 6.45) is 0. The average molecular weight is 610 g/mol. The van der Waals surface area contributed by atoms with Crippen molar-refractivity contribution in [1.82, 2.24) is 0 Å².